The van der Waals surface area contributed by atoms with Gasteiger partial charge in [0.25, 0.3) is 0 Å². The van der Waals surface area contributed by atoms with Gasteiger partial charge in [0.1, 0.15) is 11.3 Å². The van der Waals surface area contributed by atoms with Crippen molar-refractivity contribution in [3.8, 4) is 33.6 Å². The Bertz CT molecular complexity index is 2870. The SMILES string of the molecule is c1ccc(N(c2ccc(-c3ccc4c(ccc5ccccc54)c3)cc2)c2ccc3cc(-c4cccc(-c5cc6ccccc6o5)c4)ccc3c2)cc1. The monoisotopic (exact) mass is 663 g/mol. The first-order valence-electron chi connectivity index (χ1n) is 17.7. The maximum Gasteiger partial charge on any atom is 0.135 e. The zero-order valence-corrected chi connectivity index (χ0v) is 28.4. The number of furan rings is 1. The van der Waals surface area contributed by atoms with Crippen molar-refractivity contribution in [3.63, 3.8) is 0 Å². The first-order valence-corrected chi connectivity index (χ1v) is 17.7. The highest BCUT2D eigenvalue weighted by molar-refractivity contribution is 6.08. The van der Waals surface area contributed by atoms with Crippen LogP contribution in [-0.2, 0) is 0 Å². The summed E-state index contributed by atoms with van der Waals surface area (Å²) < 4.78 is 6.18. The number of hydrogen-bond donors (Lipinski definition) is 0. The summed E-state index contributed by atoms with van der Waals surface area (Å²) in [5, 5.41) is 8.60. The first-order chi connectivity index (χ1) is 25.7. The highest BCUT2D eigenvalue weighted by Crippen LogP contribution is 2.39. The minimum absolute atomic E-state index is 0.883. The molecule has 0 spiro atoms. The molecule has 0 saturated carbocycles. The lowest BCUT2D eigenvalue weighted by Crippen LogP contribution is -2.09. The topological polar surface area (TPSA) is 16.4 Å². The van der Waals surface area contributed by atoms with Gasteiger partial charge in [-0.2, -0.15) is 0 Å². The number of nitrogens with zero attached hydrogens (tertiary/aromatic N) is 1. The molecule has 52 heavy (non-hydrogen) atoms. The quantitative estimate of drug-likeness (QED) is 0.165. The largest absolute Gasteiger partial charge is 0.456 e. The van der Waals surface area contributed by atoms with Crippen LogP contribution in [0.3, 0.4) is 0 Å². The molecule has 244 valence electrons. The number of rotatable bonds is 6. The smallest absolute Gasteiger partial charge is 0.135 e. The van der Waals surface area contributed by atoms with Crippen molar-refractivity contribution in [3.05, 3.63) is 200 Å². The molecule has 0 saturated heterocycles. The second kappa shape index (κ2) is 12.5. The maximum absolute atomic E-state index is 6.18. The summed E-state index contributed by atoms with van der Waals surface area (Å²) in [6.45, 7) is 0. The highest BCUT2D eigenvalue weighted by Gasteiger charge is 2.14. The van der Waals surface area contributed by atoms with Gasteiger partial charge >= 0.3 is 0 Å². The van der Waals surface area contributed by atoms with Crippen molar-refractivity contribution in [2.24, 2.45) is 0 Å². The molecule has 10 rings (SSSR count). The highest BCUT2D eigenvalue weighted by atomic mass is 16.3. The predicted molar refractivity (Wildman–Crippen MR) is 220 cm³/mol. The van der Waals surface area contributed by atoms with E-state index < -0.39 is 0 Å². The molecule has 9 aromatic carbocycles. The van der Waals surface area contributed by atoms with E-state index in [-0.39, 0.29) is 0 Å². The predicted octanol–water partition coefficient (Wildman–Crippen LogP) is 14.4. The van der Waals surface area contributed by atoms with Crippen LogP contribution in [0, 0.1) is 0 Å². The molecule has 0 fully saturated rings. The third-order valence-corrected chi connectivity index (χ3v) is 10.2. The van der Waals surface area contributed by atoms with Crippen LogP contribution in [-0.4, -0.2) is 0 Å². The van der Waals surface area contributed by atoms with Crippen molar-refractivity contribution < 1.29 is 4.42 Å². The molecule has 0 aliphatic carbocycles. The second-order valence-corrected chi connectivity index (χ2v) is 13.4. The van der Waals surface area contributed by atoms with Crippen LogP contribution < -0.4 is 4.90 Å². The van der Waals surface area contributed by atoms with Crippen LogP contribution in [0.15, 0.2) is 205 Å². The zero-order valence-electron chi connectivity index (χ0n) is 28.4. The summed E-state index contributed by atoms with van der Waals surface area (Å²) in [7, 11) is 0. The molecule has 0 bridgehead atoms. The molecule has 0 aliphatic rings. The Hall–Kier alpha value is -6.90. The standard InChI is InChI=1S/C50H33NO/c1-2-13-44(14-3-1)51(45-25-21-34(22-26-45)37-24-28-48-41(30-37)20-17-35-9-4-6-15-47(35)48)46-27-23-39-29-38(18-19-40(39)32-46)36-11-8-12-42(31-36)50-33-43-10-5-7-16-49(43)52-50/h1-33H. The molecular weight excluding hydrogens is 631 g/mol. The normalized spacial score (nSPS) is 11.5. The molecule has 0 unspecified atom stereocenters. The Morgan fingerprint density at radius 3 is 1.75 bits per heavy atom. The van der Waals surface area contributed by atoms with E-state index in [1.807, 2.05) is 18.2 Å². The Balaban J connectivity index is 0.976. The van der Waals surface area contributed by atoms with Gasteiger partial charge in [0, 0.05) is 28.0 Å². The van der Waals surface area contributed by atoms with Crippen LogP contribution in [0.1, 0.15) is 0 Å². The molecule has 2 nitrogen and oxygen atoms in total. The average Bonchev–Trinajstić information content (AvgIpc) is 3.66. The summed E-state index contributed by atoms with van der Waals surface area (Å²) in [6, 6.07) is 71.8. The Kier molecular flexibility index (Phi) is 7.18. The third-order valence-electron chi connectivity index (χ3n) is 10.2. The van der Waals surface area contributed by atoms with E-state index in [2.05, 4.69) is 187 Å². The molecule has 0 atom stereocenters. The molecule has 0 radical (unpaired) electrons. The first kappa shape index (κ1) is 30.0. The van der Waals surface area contributed by atoms with E-state index in [1.165, 1.54) is 49.0 Å². The van der Waals surface area contributed by atoms with Crippen molar-refractivity contribution in [1.82, 2.24) is 0 Å². The van der Waals surface area contributed by atoms with Gasteiger partial charge in [-0.1, -0.05) is 133 Å². The second-order valence-electron chi connectivity index (χ2n) is 13.4. The lowest BCUT2D eigenvalue weighted by atomic mass is 9.97. The lowest BCUT2D eigenvalue weighted by molar-refractivity contribution is 0.631. The van der Waals surface area contributed by atoms with Gasteiger partial charge in [0.05, 0.1) is 0 Å². The van der Waals surface area contributed by atoms with Gasteiger partial charge in [0.15, 0.2) is 0 Å². The van der Waals surface area contributed by atoms with Gasteiger partial charge < -0.3 is 9.32 Å². The molecule has 2 heteroatoms. The minimum atomic E-state index is 0.883. The lowest BCUT2D eigenvalue weighted by Gasteiger charge is -2.26. The molecule has 10 aromatic rings. The fraction of sp³-hybridized carbons (Fsp3) is 0. The van der Waals surface area contributed by atoms with Gasteiger partial charge in [0.2, 0.25) is 0 Å². The number of anilines is 3. The number of hydrogen-bond acceptors (Lipinski definition) is 2. The molecule has 0 aliphatic heterocycles. The molecule has 1 heterocycles. The maximum atomic E-state index is 6.18. The summed E-state index contributed by atoms with van der Waals surface area (Å²) in [6.07, 6.45) is 0. The van der Waals surface area contributed by atoms with Crippen molar-refractivity contribution in [1.29, 1.82) is 0 Å². The van der Waals surface area contributed by atoms with E-state index in [0.29, 0.717) is 0 Å². The number of fused-ring (bicyclic) bond motifs is 5. The minimum Gasteiger partial charge on any atom is -0.456 e. The Morgan fingerprint density at radius 1 is 0.288 bits per heavy atom. The van der Waals surface area contributed by atoms with Gasteiger partial charge in [-0.25, -0.2) is 0 Å². The van der Waals surface area contributed by atoms with Gasteiger partial charge in [-0.05, 0) is 121 Å². The van der Waals surface area contributed by atoms with Crippen LogP contribution in [0.5, 0.6) is 0 Å². The molecule has 0 N–H and O–H groups in total. The van der Waals surface area contributed by atoms with Crippen LogP contribution in [0.4, 0.5) is 17.1 Å². The van der Waals surface area contributed by atoms with Gasteiger partial charge in [-0.15, -0.1) is 0 Å². The molecular formula is C50H33NO. The van der Waals surface area contributed by atoms with E-state index in [0.717, 1.165) is 44.9 Å². The van der Waals surface area contributed by atoms with Crippen molar-refractivity contribution in [2.45, 2.75) is 0 Å². The summed E-state index contributed by atoms with van der Waals surface area (Å²) in [5.74, 6) is 0.883. The number of para-hydroxylation sites is 2. The summed E-state index contributed by atoms with van der Waals surface area (Å²) in [5.41, 5.74) is 10.1. The van der Waals surface area contributed by atoms with E-state index in [4.69, 9.17) is 4.42 Å². The van der Waals surface area contributed by atoms with Crippen molar-refractivity contribution in [2.75, 3.05) is 4.90 Å². The number of benzene rings is 9. The summed E-state index contributed by atoms with van der Waals surface area (Å²) >= 11 is 0. The van der Waals surface area contributed by atoms with E-state index in [9.17, 15) is 0 Å². The average molecular weight is 664 g/mol. The Morgan fingerprint density at radius 2 is 0.865 bits per heavy atom. The van der Waals surface area contributed by atoms with Crippen LogP contribution in [0.2, 0.25) is 0 Å². The van der Waals surface area contributed by atoms with E-state index in [1.54, 1.807) is 0 Å². The fourth-order valence-corrected chi connectivity index (χ4v) is 7.55. The fourth-order valence-electron chi connectivity index (χ4n) is 7.55. The van der Waals surface area contributed by atoms with E-state index >= 15 is 0 Å². The van der Waals surface area contributed by atoms with Crippen molar-refractivity contribution >= 4 is 60.3 Å². The van der Waals surface area contributed by atoms with Crippen LogP contribution in [0.25, 0.3) is 76.9 Å². The third kappa shape index (κ3) is 5.39. The molecule has 0 amide bonds. The molecule has 1 aromatic heterocycles. The Labute approximate surface area is 302 Å². The van der Waals surface area contributed by atoms with Gasteiger partial charge in [-0.3, -0.25) is 0 Å². The summed E-state index contributed by atoms with van der Waals surface area (Å²) in [4.78, 5) is 2.33. The van der Waals surface area contributed by atoms with Crippen LogP contribution >= 0.6 is 0 Å². The zero-order chi connectivity index (χ0) is 34.4.